The van der Waals surface area contributed by atoms with Gasteiger partial charge in [0.15, 0.2) is 0 Å². The van der Waals surface area contributed by atoms with Crippen molar-refractivity contribution in [3.05, 3.63) is 35.4 Å². The summed E-state index contributed by atoms with van der Waals surface area (Å²) < 4.78 is 0. The van der Waals surface area contributed by atoms with Gasteiger partial charge in [-0.2, -0.15) is 0 Å². The van der Waals surface area contributed by atoms with Crippen molar-refractivity contribution in [3.63, 3.8) is 0 Å². The van der Waals surface area contributed by atoms with Crippen LogP contribution in [0.25, 0.3) is 0 Å². The summed E-state index contributed by atoms with van der Waals surface area (Å²) in [5.74, 6) is 0.704. The third kappa shape index (κ3) is 6.29. The Balaban J connectivity index is 2.68. The lowest BCUT2D eigenvalue weighted by Crippen LogP contribution is -2.31. The molecule has 0 bridgehead atoms. The molecule has 0 atom stereocenters. The normalized spacial score (nSPS) is 10.8. The van der Waals surface area contributed by atoms with Crippen molar-refractivity contribution >= 4 is 11.8 Å². The minimum atomic E-state index is -0.185. The molecule has 0 spiro atoms. The third-order valence-electron chi connectivity index (χ3n) is 3.43. The Kier molecular flexibility index (Phi) is 7.64. The highest BCUT2D eigenvalue weighted by Crippen LogP contribution is 2.09. The number of hydrogen-bond acceptors (Lipinski definition) is 2. The van der Waals surface area contributed by atoms with Crippen LogP contribution in [-0.4, -0.2) is 24.9 Å². The molecule has 0 unspecified atom stereocenters. The molecule has 0 aromatic heterocycles. The summed E-state index contributed by atoms with van der Waals surface area (Å²) in [6.45, 7) is 9.70. The molecule has 1 aromatic rings. The second-order valence-electron chi connectivity index (χ2n) is 6.42. The quantitative estimate of drug-likeness (QED) is 0.774. The number of nitrogens with one attached hydrogen (secondary N) is 2. The fourth-order valence-corrected chi connectivity index (χ4v) is 2.02. The first kappa shape index (κ1) is 18.2. The molecule has 0 saturated heterocycles. The fraction of sp³-hybridized carbons (Fsp3) is 0.556. The number of amides is 2. The van der Waals surface area contributed by atoms with E-state index in [-0.39, 0.29) is 11.8 Å². The molecule has 0 radical (unpaired) electrons. The van der Waals surface area contributed by atoms with E-state index in [0.717, 1.165) is 12.8 Å². The SMILES string of the molecule is CC(C)CCNC(=O)c1ccccc1C(=O)NCCC(C)C. The van der Waals surface area contributed by atoms with Crippen molar-refractivity contribution in [2.24, 2.45) is 11.8 Å². The maximum Gasteiger partial charge on any atom is 0.252 e. The Morgan fingerprint density at radius 1 is 0.818 bits per heavy atom. The topological polar surface area (TPSA) is 58.2 Å². The van der Waals surface area contributed by atoms with E-state index in [1.54, 1.807) is 24.3 Å². The molecule has 0 fully saturated rings. The number of carbonyl (C=O) groups excluding carboxylic acids is 2. The van der Waals surface area contributed by atoms with Crippen LogP contribution in [0.2, 0.25) is 0 Å². The van der Waals surface area contributed by atoms with E-state index in [0.29, 0.717) is 36.1 Å². The van der Waals surface area contributed by atoms with Crippen LogP contribution >= 0.6 is 0 Å². The van der Waals surface area contributed by atoms with Crippen molar-refractivity contribution in [1.29, 1.82) is 0 Å². The van der Waals surface area contributed by atoms with E-state index in [9.17, 15) is 9.59 Å². The number of benzene rings is 1. The average molecular weight is 304 g/mol. The van der Waals surface area contributed by atoms with E-state index >= 15 is 0 Å². The second-order valence-corrected chi connectivity index (χ2v) is 6.42. The van der Waals surface area contributed by atoms with E-state index in [1.807, 2.05) is 0 Å². The number of rotatable bonds is 8. The lowest BCUT2D eigenvalue weighted by molar-refractivity contribution is 0.0917. The van der Waals surface area contributed by atoms with Gasteiger partial charge in [-0.15, -0.1) is 0 Å². The highest BCUT2D eigenvalue weighted by atomic mass is 16.2. The van der Waals surface area contributed by atoms with Gasteiger partial charge in [0.2, 0.25) is 0 Å². The van der Waals surface area contributed by atoms with Gasteiger partial charge in [-0.05, 0) is 36.8 Å². The summed E-state index contributed by atoms with van der Waals surface area (Å²) in [6.07, 6.45) is 1.85. The molecule has 0 aliphatic rings. The molecule has 22 heavy (non-hydrogen) atoms. The van der Waals surface area contributed by atoms with Gasteiger partial charge in [-0.1, -0.05) is 39.8 Å². The van der Waals surface area contributed by atoms with Gasteiger partial charge >= 0.3 is 0 Å². The van der Waals surface area contributed by atoms with Crippen LogP contribution in [0.1, 0.15) is 61.3 Å². The van der Waals surface area contributed by atoms with Crippen molar-refractivity contribution in [2.75, 3.05) is 13.1 Å². The summed E-state index contributed by atoms with van der Waals surface area (Å²) >= 11 is 0. The highest BCUT2D eigenvalue weighted by molar-refractivity contribution is 6.07. The molecule has 0 saturated carbocycles. The zero-order chi connectivity index (χ0) is 16.5. The van der Waals surface area contributed by atoms with Crippen LogP contribution < -0.4 is 10.6 Å². The van der Waals surface area contributed by atoms with Gasteiger partial charge in [0.1, 0.15) is 0 Å². The molecule has 4 heteroatoms. The highest BCUT2D eigenvalue weighted by Gasteiger charge is 2.16. The second kappa shape index (κ2) is 9.23. The lowest BCUT2D eigenvalue weighted by atomic mass is 10.1. The standard InChI is InChI=1S/C18H28N2O2/c1-13(2)9-11-19-17(21)15-7-5-6-8-16(15)18(22)20-12-10-14(3)4/h5-8,13-14H,9-12H2,1-4H3,(H,19,21)(H,20,22). The number of carbonyl (C=O) groups is 2. The van der Waals surface area contributed by atoms with Crippen molar-refractivity contribution in [3.8, 4) is 0 Å². The zero-order valence-corrected chi connectivity index (χ0v) is 14.1. The van der Waals surface area contributed by atoms with Gasteiger partial charge in [0.05, 0.1) is 11.1 Å². The van der Waals surface area contributed by atoms with Gasteiger partial charge in [0, 0.05) is 13.1 Å². The van der Waals surface area contributed by atoms with E-state index in [2.05, 4.69) is 38.3 Å². The smallest absolute Gasteiger partial charge is 0.252 e. The predicted molar refractivity (Wildman–Crippen MR) is 90.0 cm³/mol. The first-order valence-electron chi connectivity index (χ1n) is 8.07. The molecule has 1 aromatic carbocycles. The van der Waals surface area contributed by atoms with Crippen LogP contribution in [0.15, 0.2) is 24.3 Å². The Morgan fingerprint density at radius 2 is 1.18 bits per heavy atom. The molecule has 0 aliphatic heterocycles. The summed E-state index contributed by atoms with van der Waals surface area (Å²) in [5.41, 5.74) is 0.876. The van der Waals surface area contributed by atoms with Crippen LogP contribution in [0.3, 0.4) is 0 Å². The maximum absolute atomic E-state index is 12.2. The van der Waals surface area contributed by atoms with E-state index in [4.69, 9.17) is 0 Å². The summed E-state index contributed by atoms with van der Waals surface area (Å²) in [7, 11) is 0. The Morgan fingerprint density at radius 3 is 1.50 bits per heavy atom. The molecule has 0 heterocycles. The summed E-state index contributed by atoms with van der Waals surface area (Å²) in [5, 5.41) is 5.76. The summed E-state index contributed by atoms with van der Waals surface area (Å²) in [6, 6.07) is 6.95. The van der Waals surface area contributed by atoms with Crippen molar-refractivity contribution in [1.82, 2.24) is 10.6 Å². The van der Waals surface area contributed by atoms with Gasteiger partial charge < -0.3 is 10.6 Å². The lowest BCUT2D eigenvalue weighted by Gasteiger charge is -2.12. The Bertz CT molecular complexity index is 451. The fourth-order valence-electron chi connectivity index (χ4n) is 2.02. The molecular weight excluding hydrogens is 276 g/mol. The molecular formula is C18H28N2O2. The Labute approximate surface area is 133 Å². The van der Waals surface area contributed by atoms with Crippen LogP contribution in [0.4, 0.5) is 0 Å². The van der Waals surface area contributed by atoms with Crippen molar-refractivity contribution < 1.29 is 9.59 Å². The molecule has 4 nitrogen and oxygen atoms in total. The largest absolute Gasteiger partial charge is 0.352 e. The van der Waals surface area contributed by atoms with Gasteiger partial charge in [-0.25, -0.2) is 0 Å². The molecule has 2 amide bonds. The zero-order valence-electron chi connectivity index (χ0n) is 14.1. The average Bonchev–Trinajstić information content (AvgIpc) is 2.46. The molecule has 122 valence electrons. The summed E-state index contributed by atoms with van der Waals surface area (Å²) in [4.78, 5) is 24.5. The molecule has 1 rings (SSSR count). The van der Waals surface area contributed by atoms with Gasteiger partial charge in [-0.3, -0.25) is 9.59 Å². The number of hydrogen-bond donors (Lipinski definition) is 2. The van der Waals surface area contributed by atoms with Crippen LogP contribution in [0, 0.1) is 11.8 Å². The van der Waals surface area contributed by atoms with E-state index < -0.39 is 0 Å². The maximum atomic E-state index is 12.2. The predicted octanol–water partition coefficient (Wildman–Crippen LogP) is 3.24. The minimum Gasteiger partial charge on any atom is -0.352 e. The molecule has 2 N–H and O–H groups in total. The third-order valence-corrected chi connectivity index (χ3v) is 3.43. The monoisotopic (exact) mass is 304 g/mol. The van der Waals surface area contributed by atoms with Gasteiger partial charge in [0.25, 0.3) is 11.8 Å². The van der Waals surface area contributed by atoms with Crippen LogP contribution in [-0.2, 0) is 0 Å². The molecule has 0 aliphatic carbocycles. The Hall–Kier alpha value is -1.84. The van der Waals surface area contributed by atoms with E-state index in [1.165, 1.54) is 0 Å². The first-order valence-corrected chi connectivity index (χ1v) is 8.07. The first-order chi connectivity index (χ1) is 10.4. The minimum absolute atomic E-state index is 0.185. The van der Waals surface area contributed by atoms with Crippen molar-refractivity contribution in [2.45, 2.75) is 40.5 Å². The van der Waals surface area contributed by atoms with Crippen LogP contribution in [0.5, 0.6) is 0 Å².